The highest BCUT2D eigenvalue weighted by atomic mass is 32.1. The van der Waals surface area contributed by atoms with E-state index >= 15 is 0 Å². The first kappa shape index (κ1) is 12.0. The summed E-state index contributed by atoms with van der Waals surface area (Å²) in [7, 11) is 0. The van der Waals surface area contributed by atoms with Crippen molar-refractivity contribution in [3.8, 4) is 0 Å². The van der Waals surface area contributed by atoms with Crippen molar-refractivity contribution >= 4 is 12.6 Å². The van der Waals surface area contributed by atoms with Crippen LogP contribution in [0, 0.1) is 0 Å². The molecular formula is C14H21NS. The third-order valence-corrected chi connectivity index (χ3v) is 3.67. The van der Waals surface area contributed by atoms with E-state index in [2.05, 4.69) is 48.7 Å². The number of hydrogen-bond donors (Lipinski definition) is 1. The van der Waals surface area contributed by atoms with E-state index in [0.29, 0.717) is 5.92 Å². The number of rotatable bonds is 3. The topological polar surface area (TPSA) is 3.24 Å². The largest absolute Gasteiger partial charge is 0.303 e. The summed E-state index contributed by atoms with van der Waals surface area (Å²) in [6.07, 6.45) is 3.93. The Balaban J connectivity index is 2.03. The summed E-state index contributed by atoms with van der Waals surface area (Å²) >= 11 is 4.42. The third-order valence-electron chi connectivity index (χ3n) is 3.39. The Morgan fingerprint density at radius 1 is 1.44 bits per heavy atom. The summed E-state index contributed by atoms with van der Waals surface area (Å²) in [6.45, 7) is 6.02. The average Bonchev–Trinajstić information content (AvgIpc) is 2.30. The fourth-order valence-corrected chi connectivity index (χ4v) is 2.86. The third kappa shape index (κ3) is 3.02. The Hall–Kier alpha value is -0.470. The first-order chi connectivity index (χ1) is 7.79. The zero-order valence-electron chi connectivity index (χ0n) is 10.0. The summed E-state index contributed by atoms with van der Waals surface area (Å²) in [4.78, 5) is 3.68. The van der Waals surface area contributed by atoms with E-state index in [-0.39, 0.29) is 0 Å². The predicted molar refractivity (Wildman–Crippen MR) is 72.4 cm³/mol. The van der Waals surface area contributed by atoms with Gasteiger partial charge in [-0.15, -0.1) is 12.6 Å². The first-order valence-electron chi connectivity index (χ1n) is 6.31. The Kier molecular flexibility index (Phi) is 4.30. The van der Waals surface area contributed by atoms with Crippen molar-refractivity contribution in [1.82, 2.24) is 4.90 Å². The quantitative estimate of drug-likeness (QED) is 0.784. The maximum atomic E-state index is 4.42. The molecule has 0 N–H and O–H groups in total. The normalized spacial score (nSPS) is 22.2. The lowest BCUT2D eigenvalue weighted by molar-refractivity contribution is 0.208. The molecule has 1 aromatic carbocycles. The molecule has 0 aromatic heterocycles. The molecule has 16 heavy (non-hydrogen) atoms. The van der Waals surface area contributed by atoms with Gasteiger partial charge in [-0.3, -0.25) is 0 Å². The van der Waals surface area contributed by atoms with Crippen LogP contribution in [0.2, 0.25) is 0 Å². The molecule has 1 aliphatic heterocycles. The minimum absolute atomic E-state index is 0.715. The zero-order chi connectivity index (χ0) is 11.4. The molecule has 0 unspecified atom stereocenters. The standard InChI is InChI=1S/C14H21NS/c1-2-8-15-9-4-6-13(11-15)12-5-3-7-14(16)10-12/h3,5,7,10,13,16H,2,4,6,8-9,11H2,1H3/t13-/m1/s1. The molecule has 0 bridgehead atoms. The van der Waals surface area contributed by atoms with Gasteiger partial charge < -0.3 is 4.90 Å². The van der Waals surface area contributed by atoms with Crippen LogP contribution in [-0.2, 0) is 0 Å². The Bertz CT molecular complexity index is 335. The lowest BCUT2D eigenvalue weighted by atomic mass is 9.90. The number of thiol groups is 1. The van der Waals surface area contributed by atoms with Crippen LogP contribution in [0.3, 0.4) is 0 Å². The van der Waals surface area contributed by atoms with Crippen molar-refractivity contribution in [3.63, 3.8) is 0 Å². The van der Waals surface area contributed by atoms with Gasteiger partial charge in [0, 0.05) is 11.4 Å². The van der Waals surface area contributed by atoms with Crippen LogP contribution in [0.5, 0.6) is 0 Å². The summed E-state index contributed by atoms with van der Waals surface area (Å²) in [6, 6.07) is 8.65. The Labute approximate surface area is 104 Å². The van der Waals surface area contributed by atoms with Gasteiger partial charge in [0.15, 0.2) is 0 Å². The SMILES string of the molecule is CCCN1CCC[C@@H](c2cccc(S)c2)C1. The van der Waals surface area contributed by atoms with Gasteiger partial charge in [0.25, 0.3) is 0 Å². The van der Waals surface area contributed by atoms with Crippen LogP contribution >= 0.6 is 12.6 Å². The molecule has 1 heterocycles. The maximum Gasteiger partial charge on any atom is 0.00503 e. The van der Waals surface area contributed by atoms with Crippen molar-refractivity contribution in [3.05, 3.63) is 29.8 Å². The highest BCUT2D eigenvalue weighted by molar-refractivity contribution is 7.80. The lowest BCUT2D eigenvalue weighted by Crippen LogP contribution is -2.34. The van der Waals surface area contributed by atoms with Crippen LogP contribution in [0.4, 0.5) is 0 Å². The summed E-state index contributed by atoms with van der Waals surface area (Å²) < 4.78 is 0. The maximum absolute atomic E-state index is 4.42. The van der Waals surface area contributed by atoms with Crippen LogP contribution in [0.15, 0.2) is 29.2 Å². The molecule has 0 radical (unpaired) electrons. The van der Waals surface area contributed by atoms with Crippen LogP contribution in [0.1, 0.15) is 37.7 Å². The average molecular weight is 235 g/mol. The van der Waals surface area contributed by atoms with E-state index in [1.807, 2.05) is 0 Å². The van der Waals surface area contributed by atoms with Crippen molar-refractivity contribution < 1.29 is 0 Å². The number of piperidine rings is 1. The second-order valence-corrected chi connectivity index (χ2v) is 5.25. The monoisotopic (exact) mass is 235 g/mol. The van der Waals surface area contributed by atoms with Crippen LogP contribution in [-0.4, -0.2) is 24.5 Å². The molecule has 0 saturated carbocycles. The van der Waals surface area contributed by atoms with Crippen molar-refractivity contribution in [1.29, 1.82) is 0 Å². The molecule has 1 nitrogen and oxygen atoms in total. The highest BCUT2D eigenvalue weighted by Crippen LogP contribution is 2.27. The molecule has 0 amide bonds. The van der Waals surface area contributed by atoms with Gasteiger partial charge in [-0.2, -0.15) is 0 Å². The smallest absolute Gasteiger partial charge is 0.00503 e. The molecule has 1 atom stereocenters. The van der Waals surface area contributed by atoms with Crippen molar-refractivity contribution in [2.45, 2.75) is 37.0 Å². The molecule has 0 aliphatic carbocycles. The minimum atomic E-state index is 0.715. The van der Waals surface area contributed by atoms with Crippen LogP contribution < -0.4 is 0 Å². The molecule has 88 valence electrons. The molecule has 1 aromatic rings. The summed E-state index contributed by atoms with van der Waals surface area (Å²) in [5.41, 5.74) is 1.47. The predicted octanol–water partition coefficient (Wildman–Crippen LogP) is 3.56. The van der Waals surface area contributed by atoms with Gasteiger partial charge in [0.05, 0.1) is 0 Å². The fourth-order valence-electron chi connectivity index (χ4n) is 2.63. The van der Waals surface area contributed by atoms with Gasteiger partial charge in [-0.1, -0.05) is 19.1 Å². The number of hydrogen-bond acceptors (Lipinski definition) is 2. The molecular weight excluding hydrogens is 214 g/mol. The van der Waals surface area contributed by atoms with E-state index < -0.39 is 0 Å². The van der Waals surface area contributed by atoms with E-state index in [9.17, 15) is 0 Å². The van der Waals surface area contributed by atoms with Gasteiger partial charge in [0.2, 0.25) is 0 Å². The second-order valence-electron chi connectivity index (χ2n) is 4.73. The Morgan fingerprint density at radius 3 is 3.06 bits per heavy atom. The van der Waals surface area contributed by atoms with E-state index in [1.165, 1.54) is 44.5 Å². The number of nitrogens with zero attached hydrogens (tertiary/aromatic N) is 1. The minimum Gasteiger partial charge on any atom is -0.303 e. The number of likely N-dealkylation sites (tertiary alicyclic amines) is 1. The van der Waals surface area contributed by atoms with E-state index in [4.69, 9.17) is 0 Å². The van der Waals surface area contributed by atoms with Gasteiger partial charge in [0.1, 0.15) is 0 Å². The molecule has 0 spiro atoms. The molecule has 2 heteroatoms. The lowest BCUT2D eigenvalue weighted by Gasteiger charge is -2.32. The fraction of sp³-hybridized carbons (Fsp3) is 0.571. The highest BCUT2D eigenvalue weighted by Gasteiger charge is 2.20. The first-order valence-corrected chi connectivity index (χ1v) is 6.75. The molecule has 1 saturated heterocycles. The van der Waals surface area contributed by atoms with E-state index in [1.54, 1.807) is 0 Å². The van der Waals surface area contributed by atoms with Crippen molar-refractivity contribution in [2.75, 3.05) is 19.6 Å². The van der Waals surface area contributed by atoms with Gasteiger partial charge in [-0.05, 0) is 56.0 Å². The molecule has 2 rings (SSSR count). The zero-order valence-corrected chi connectivity index (χ0v) is 10.9. The van der Waals surface area contributed by atoms with E-state index in [0.717, 1.165) is 4.90 Å². The second kappa shape index (κ2) is 5.74. The van der Waals surface area contributed by atoms with Crippen LogP contribution in [0.25, 0.3) is 0 Å². The molecule has 1 aliphatic rings. The molecule has 1 fully saturated rings. The summed E-state index contributed by atoms with van der Waals surface area (Å²) in [5.74, 6) is 0.715. The van der Waals surface area contributed by atoms with Gasteiger partial charge >= 0.3 is 0 Å². The summed E-state index contributed by atoms with van der Waals surface area (Å²) in [5, 5.41) is 0. The van der Waals surface area contributed by atoms with Gasteiger partial charge in [-0.25, -0.2) is 0 Å². The Morgan fingerprint density at radius 2 is 2.31 bits per heavy atom. The number of benzene rings is 1. The van der Waals surface area contributed by atoms with Crippen molar-refractivity contribution in [2.24, 2.45) is 0 Å².